The lowest BCUT2D eigenvalue weighted by molar-refractivity contribution is -0.136. The molecule has 0 amide bonds. The van der Waals surface area contributed by atoms with E-state index in [1.807, 2.05) is 0 Å². The van der Waals surface area contributed by atoms with Crippen LogP contribution in [0.1, 0.15) is 46.5 Å². The summed E-state index contributed by atoms with van der Waals surface area (Å²) in [6.07, 6.45) is 4.38. The van der Waals surface area contributed by atoms with Gasteiger partial charge in [-0.2, -0.15) is 0 Å². The lowest BCUT2D eigenvalue weighted by Crippen LogP contribution is -2.50. The van der Waals surface area contributed by atoms with Crippen LogP contribution < -0.4 is 21.7 Å². The lowest BCUT2D eigenvalue weighted by atomic mass is 9.83. The van der Waals surface area contributed by atoms with Crippen molar-refractivity contribution in [3.05, 3.63) is 50.9 Å². The van der Waals surface area contributed by atoms with Crippen molar-refractivity contribution in [3.63, 3.8) is 0 Å². The third kappa shape index (κ3) is 5.77. The molecule has 1 fully saturated rings. The summed E-state index contributed by atoms with van der Waals surface area (Å²) in [6, 6.07) is 6.44. The number of aliphatic imine (C=N–C) groups is 1. The molecule has 2 heterocycles. The molecule has 0 bridgehead atoms. The maximum Gasteiger partial charge on any atom is 0.334 e. The van der Waals surface area contributed by atoms with Gasteiger partial charge in [0.15, 0.2) is 0 Å². The molecule has 4 rings (SSSR count). The molecule has 1 saturated carbocycles. The Labute approximate surface area is 206 Å². The molecule has 0 saturated heterocycles. The SMILES string of the molecule is CCn1c(=O)[nH]/c(=N\c2ccc(OC3=NC(C)C(C(=O)O)S3)cc2)n(C[C@H]2CC[C@H](C)CC2)c1=O. The zero-order chi connectivity index (χ0) is 25.1. The standard InChI is InChI=1S/C24H31N5O5S/c1-4-28-22(32)27-21(29(24(28)33)13-16-7-5-14(2)6-8-16)26-17-9-11-18(12-10-17)34-23-25-15(3)19(35-23)20(30)31/h9-12,14-16,19H,4-8,13H2,1-3H3,(H,30,31)(H,26,27,32)/t14-,15?,16-,19?. The van der Waals surface area contributed by atoms with Crippen molar-refractivity contribution in [1.29, 1.82) is 0 Å². The van der Waals surface area contributed by atoms with Crippen LogP contribution in [-0.4, -0.2) is 41.7 Å². The van der Waals surface area contributed by atoms with Crippen molar-refractivity contribution < 1.29 is 14.6 Å². The summed E-state index contributed by atoms with van der Waals surface area (Å²) in [5, 5.41) is 8.88. The van der Waals surface area contributed by atoms with Crippen molar-refractivity contribution in [1.82, 2.24) is 14.1 Å². The van der Waals surface area contributed by atoms with Gasteiger partial charge < -0.3 is 9.84 Å². The molecule has 188 valence electrons. The Morgan fingerprint density at radius 2 is 1.86 bits per heavy atom. The summed E-state index contributed by atoms with van der Waals surface area (Å²) in [4.78, 5) is 48.4. The Morgan fingerprint density at radius 1 is 1.17 bits per heavy atom. The van der Waals surface area contributed by atoms with Crippen molar-refractivity contribution >= 4 is 28.6 Å². The molecule has 2 aromatic rings. The van der Waals surface area contributed by atoms with E-state index in [-0.39, 0.29) is 23.9 Å². The molecule has 1 aliphatic heterocycles. The Morgan fingerprint density at radius 3 is 2.46 bits per heavy atom. The number of carbonyl (C=O) groups is 1. The summed E-state index contributed by atoms with van der Waals surface area (Å²) in [5.74, 6) is 0.643. The Bertz CT molecular complexity index is 1290. The average molecular weight is 502 g/mol. The molecule has 10 nitrogen and oxygen atoms in total. The first-order chi connectivity index (χ1) is 16.7. The fourth-order valence-corrected chi connectivity index (χ4v) is 5.39. The maximum absolute atomic E-state index is 13.1. The number of carboxylic acid groups (broad SMARTS) is 1. The molecule has 1 aromatic heterocycles. The van der Waals surface area contributed by atoms with Crippen LogP contribution in [0.2, 0.25) is 0 Å². The zero-order valence-corrected chi connectivity index (χ0v) is 21.0. The van der Waals surface area contributed by atoms with Crippen molar-refractivity contribution in [2.45, 2.75) is 70.8 Å². The van der Waals surface area contributed by atoms with Gasteiger partial charge in [-0.05, 0) is 74.6 Å². The summed E-state index contributed by atoms with van der Waals surface area (Å²) in [7, 11) is 0. The summed E-state index contributed by atoms with van der Waals surface area (Å²) >= 11 is 1.08. The first-order valence-corrected chi connectivity index (χ1v) is 12.9. The molecule has 11 heteroatoms. The van der Waals surface area contributed by atoms with E-state index >= 15 is 0 Å². The quantitative estimate of drug-likeness (QED) is 0.626. The van der Waals surface area contributed by atoms with Crippen molar-refractivity contribution in [2.24, 2.45) is 21.8 Å². The lowest BCUT2D eigenvalue weighted by Gasteiger charge is -2.26. The first kappa shape index (κ1) is 25.0. The van der Waals surface area contributed by atoms with Crippen LogP contribution in [0.5, 0.6) is 5.75 Å². The molecule has 2 unspecified atom stereocenters. The van der Waals surface area contributed by atoms with E-state index in [9.17, 15) is 19.5 Å². The highest BCUT2D eigenvalue weighted by Gasteiger charge is 2.34. The van der Waals surface area contributed by atoms with Crippen molar-refractivity contribution in [2.75, 3.05) is 0 Å². The minimum Gasteiger partial charge on any atom is -0.480 e. The minimum atomic E-state index is -0.922. The van der Waals surface area contributed by atoms with E-state index in [0.29, 0.717) is 35.0 Å². The topological polar surface area (TPSA) is 131 Å². The largest absolute Gasteiger partial charge is 0.480 e. The average Bonchev–Trinajstić information content (AvgIpc) is 3.19. The molecule has 1 aliphatic carbocycles. The summed E-state index contributed by atoms with van der Waals surface area (Å²) in [6.45, 7) is 6.56. The zero-order valence-electron chi connectivity index (χ0n) is 20.1. The van der Waals surface area contributed by atoms with Gasteiger partial charge in [0.05, 0.1) is 11.7 Å². The van der Waals surface area contributed by atoms with E-state index in [2.05, 4.69) is 21.9 Å². The fraction of sp³-hybridized carbons (Fsp3) is 0.542. The number of benzene rings is 1. The second kappa shape index (κ2) is 10.7. The van der Waals surface area contributed by atoms with Gasteiger partial charge >= 0.3 is 17.3 Å². The number of aliphatic carboxylic acids is 1. The van der Waals surface area contributed by atoms with Gasteiger partial charge in [-0.3, -0.25) is 14.3 Å². The van der Waals surface area contributed by atoms with Gasteiger partial charge in [0.25, 0.3) is 5.23 Å². The maximum atomic E-state index is 13.1. The number of hydrogen-bond donors (Lipinski definition) is 2. The molecule has 2 aliphatic rings. The van der Waals surface area contributed by atoms with E-state index in [0.717, 1.165) is 37.4 Å². The normalized spacial score (nSPS) is 24.9. The number of thioether (sulfide) groups is 1. The van der Waals surface area contributed by atoms with Crippen LogP contribution in [0.3, 0.4) is 0 Å². The van der Waals surface area contributed by atoms with Gasteiger partial charge in [-0.15, -0.1) is 0 Å². The number of hydrogen-bond acceptors (Lipinski definition) is 7. The van der Waals surface area contributed by atoms with Crippen LogP contribution in [0.4, 0.5) is 5.69 Å². The molecule has 0 spiro atoms. The first-order valence-electron chi connectivity index (χ1n) is 12.0. The Kier molecular flexibility index (Phi) is 7.63. The van der Waals surface area contributed by atoms with Gasteiger partial charge in [0, 0.05) is 13.1 Å². The van der Waals surface area contributed by atoms with E-state index in [1.165, 1.54) is 4.57 Å². The molecular weight excluding hydrogens is 470 g/mol. The molecule has 2 atom stereocenters. The van der Waals surface area contributed by atoms with Gasteiger partial charge in [-0.1, -0.05) is 19.8 Å². The highest BCUT2D eigenvalue weighted by Crippen LogP contribution is 2.30. The van der Waals surface area contributed by atoms with Crippen LogP contribution >= 0.6 is 11.8 Å². The van der Waals surface area contributed by atoms with Gasteiger partial charge in [-0.25, -0.2) is 24.1 Å². The highest BCUT2D eigenvalue weighted by atomic mass is 32.2. The highest BCUT2D eigenvalue weighted by molar-refractivity contribution is 8.15. The fourth-order valence-electron chi connectivity index (χ4n) is 4.45. The van der Waals surface area contributed by atoms with E-state index < -0.39 is 16.9 Å². The number of aromatic amines is 1. The number of nitrogens with one attached hydrogen (secondary N) is 1. The summed E-state index contributed by atoms with van der Waals surface area (Å²) < 4.78 is 8.49. The number of aromatic nitrogens is 3. The Balaban J connectivity index is 1.59. The van der Waals surface area contributed by atoms with Gasteiger partial charge in [0.1, 0.15) is 11.0 Å². The monoisotopic (exact) mass is 501 g/mol. The minimum absolute atomic E-state index is 0.228. The number of H-pyrrole nitrogens is 1. The number of nitrogens with zero attached hydrogens (tertiary/aromatic N) is 4. The van der Waals surface area contributed by atoms with Crippen LogP contribution in [0, 0.1) is 11.8 Å². The van der Waals surface area contributed by atoms with E-state index in [1.54, 1.807) is 42.7 Å². The van der Waals surface area contributed by atoms with E-state index in [4.69, 9.17) is 4.74 Å². The molecule has 35 heavy (non-hydrogen) atoms. The molecule has 0 radical (unpaired) electrons. The second-order valence-corrected chi connectivity index (χ2v) is 10.3. The third-order valence-electron chi connectivity index (χ3n) is 6.57. The molecular formula is C24H31N5O5S. The van der Waals surface area contributed by atoms with Crippen LogP contribution in [-0.2, 0) is 17.9 Å². The predicted octanol–water partition coefficient (Wildman–Crippen LogP) is 2.74. The van der Waals surface area contributed by atoms with Gasteiger partial charge in [0.2, 0.25) is 5.62 Å². The molecule has 2 N–H and O–H groups in total. The predicted molar refractivity (Wildman–Crippen MR) is 134 cm³/mol. The number of ether oxygens (including phenoxy) is 1. The molecule has 1 aromatic carbocycles. The number of carboxylic acids is 1. The second-order valence-electron chi connectivity index (χ2n) is 9.24. The smallest absolute Gasteiger partial charge is 0.334 e. The number of rotatable bonds is 6. The Hall–Kier alpha value is -3.08. The summed E-state index contributed by atoms with van der Waals surface area (Å²) in [5.41, 5.74) is -0.0636. The third-order valence-corrected chi connectivity index (χ3v) is 7.81. The van der Waals surface area contributed by atoms with Crippen LogP contribution in [0.25, 0.3) is 0 Å². The van der Waals surface area contributed by atoms with Crippen molar-refractivity contribution in [3.8, 4) is 5.75 Å². The van der Waals surface area contributed by atoms with Crippen LogP contribution in [0.15, 0.2) is 43.8 Å².